The number of rotatable bonds is 6. The number of benzene rings is 1. The van der Waals surface area contributed by atoms with Gasteiger partial charge in [0.1, 0.15) is 5.65 Å². The number of nitrogens with two attached hydrogens (primary N) is 1. The van der Waals surface area contributed by atoms with Gasteiger partial charge in [0.15, 0.2) is 0 Å². The Balaban J connectivity index is 1.68. The van der Waals surface area contributed by atoms with Crippen LogP contribution in [0.5, 0.6) is 5.88 Å². The minimum atomic E-state index is -0.450. The van der Waals surface area contributed by atoms with E-state index in [0.29, 0.717) is 24.0 Å². The second-order valence-electron chi connectivity index (χ2n) is 7.30. The second kappa shape index (κ2) is 7.75. The number of hydrogen-bond donors (Lipinski definition) is 1. The molecule has 0 saturated heterocycles. The normalized spacial score (nSPS) is 11.1. The van der Waals surface area contributed by atoms with Crippen LogP contribution in [0.15, 0.2) is 67.0 Å². The van der Waals surface area contributed by atoms with Crippen LogP contribution in [-0.2, 0) is 0 Å². The van der Waals surface area contributed by atoms with Gasteiger partial charge in [-0.15, -0.1) is 0 Å². The summed E-state index contributed by atoms with van der Waals surface area (Å²) in [5.41, 5.74) is 10.2. The summed E-state index contributed by atoms with van der Waals surface area (Å²) in [5.74, 6) is 0.602. The van der Waals surface area contributed by atoms with E-state index >= 15 is 0 Å². The van der Waals surface area contributed by atoms with Crippen LogP contribution in [-0.4, -0.2) is 26.9 Å². The fourth-order valence-corrected chi connectivity index (χ4v) is 3.09. The zero-order valence-electron chi connectivity index (χ0n) is 16.4. The molecule has 3 heterocycles. The smallest absolute Gasteiger partial charge is 0.248 e. The van der Waals surface area contributed by atoms with Crippen LogP contribution < -0.4 is 10.5 Å². The lowest BCUT2D eigenvalue weighted by molar-refractivity contribution is 0.100. The molecule has 4 aromatic rings. The van der Waals surface area contributed by atoms with Gasteiger partial charge in [0.05, 0.1) is 24.2 Å². The molecule has 0 aliphatic carbocycles. The zero-order chi connectivity index (χ0) is 20.4. The number of primary amides is 1. The maximum atomic E-state index is 11.5. The summed E-state index contributed by atoms with van der Waals surface area (Å²) in [6.45, 7) is 4.84. The minimum Gasteiger partial charge on any atom is -0.477 e. The van der Waals surface area contributed by atoms with Crippen molar-refractivity contribution < 1.29 is 9.53 Å². The van der Waals surface area contributed by atoms with Gasteiger partial charge in [-0.1, -0.05) is 32.0 Å². The fourth-order valence-electron chi connectivity index (χ4n) is 3.09. The highest BCUT2D eigenvalue weighted by molar-refractivity contribution is 5.94. The first-order valence-electron chi connectivity index (χ1n) is 9.49. The predicted octanol–water partition coefficient (Wildman–Crippen LogP) is 4.20. The van der Waals surface area contributed by atoms with E-state index in [4.69, 9.17) is 10.5 Å². The van der Waals surface area contributed by atoms with E-state index in [-0.39, 0.29) is 0 Å². The molecule has 0 aliphatic rings. The van der Waals surface area contributed by atoms with E-state index in [1.807, 2.05) is 53.1 Å². The molecule has 3 aromatic heterocycles. The van der Waals surface area contributed by atoms with Gasteiger partial charge in [-0.05, 0) is 36.2 Å². The largest absolute Gasteiger partial charge is 0.477 e. The number of nitrogens with zero attached hydrogens (tertiary/aromatic N) is 3. The van der Waals surface area contributed by atoms with Crippen molar-refractivity contribution in [3.8, 4) is 28.4 Å². The number of aromatic nitrogens is 3. The third-order valence-electron chi connectivity index (χ3n) is 4.54. The highest BCUT2D eigenvalue weighted by atomic mass is 16.5. The molecule has 0 unspecified atom stereocenters. The molecular formula is C23H22N4O2. The summed E-state index contributed by atoms with van der Waals surface area (Å²) in [5, 5.41) is 0. The molecule has 0 aliphatic heterocycles. The highest BCUT2D eigenvalue weighted by Crippen LogP contribution is 2.26. The molecule has 6 heteroatoms. The minimum absolute atomic E-state index is 0.438. The van der Waals surface area contributed by atoms with Crippen molar-refractivity contribution in [2.45, 2.75) is 13.8 Å². The number of carbonyl (C=O) groups is 1. The topological polar surface area (TPSA) is 82.5 Å². The Morgan fingerprint density at radius 3 is 2.72 bits per heavy atom. The average molecular weight is 386 g/mol. The highest BCUT2D eigenvalue weighted by Gasteiger charge is 2.10. The molecule has 0 saturated carbocycles. The molecular weight excluding hydrogens is 364 g/mol. The molecule has 0 bridgehead atoms. The first-order valence-corrected chi connectivity index (χ1v) is 9.49. The van der Waals surface area contributed by atoms with Gasteiger partial charge in [0, 0.05) is 29.0 Å². The summed E-state index contributed by atoms with van der Waals surface area (Å²) in [6.07, 6.45) is 3.74. The molecule has 0 atom stereocenters. The predicted molar refractivity (Wildman–Crippen MR) is 113 cm³/mol. The van der Waals surface area contributed by atoms with Crippen LogP contribution >= 0.6 is 0 Å². The number of carbonyl (C=O) groups excluding carboxylic acids is 1. The van der Waals surface area contributed by atoms with Gasteiger partial charge in [-0.2, -0.15) is 0 Å². The summed E-state index contributed by atoms with van der Waals surface area (Å²) >= 11 is 0. The van der Waals surface area contributed by atoms with Crippen molar-refractivity contribution in [1.29, 1.82) is 0 Å². The summed E-state index contributed by atoms with van der Waals surface area (Å²) < 4.78 is 7.71. The lowest BCUT2D eigenvalue weighted by Gasteiger charge is -2.09. The number of imidazole rings is 1. The third kappa shape index (κ3) is 3.96. The number of hydrogen-bond acceptors (Lipinski definition) is 4. The monoisotopic (exact) mass is 386 g/mol. The van der Waals surface area contributed by atoms with Crippen molar-refractivity contribution in [1.82, 2.24) is 14.4 Å². The van der Waals surface area contributed by atoms with Crippen LogP contribution in [0.1, 0.15) is 24.2 Å². The van der Waals surface area contributed by atoms with Crippen molar-refractivity contribution in [2.75, 3.05) is 6.61 Å². The molecule has 2 N–H and O–H groups in total. The van der Waals surface area contributed by atoms with Crippen molar-refractivity contribution >= 4 is 11.6 Å². The summed E-state index contributed by atoms with van der Waals surface area (Å²) in [6, 6.07) is 17.0. The zero-order valence-corrected chi connectivity index (χ0v) is 16.4. The van der Waals surface area contributed by atoms with Crippen LogP contribution in [0.25, 0.3) is 28.2 Å². The van der Waals surface area contributed by atoms with E-state index in [9.17, 15) is 4.79 Å². The Morgan fingerprint density at radius 1 is 1.10 bits per heavy atom. The number of amides is 1. The lowest BCUT2D eigenvalue weighted by Crippen LogP contribution is -2.10. The van der Waals surface area contributed by atoms with E-state index in [2.05, 4.69) is 23.8 Å². The van der Waals surface area contributed by atoms with Crippen LogP contribution in [0.2, 0.25) is 0 Å². The Morgan fingerprint density at radius 2 is 1.93 bits per heavy atom. The van der Waals surface area contributed by atoms with E-state index in [0.717, 1.165) is 28.2 Å². The molecule has 6 nitrogen and oxygen atoms in total. The van der Waals surface area contributed by atoms with Crippen molar-refractivity contribution in [3.05, 3.63) is 72.6 Å². The molecule has 0 fully saturated rings. The molecule has 4 rings (SSSR count). The lowest BCUT2D eigenvalue weighted by atomic mass is 10.1. The molecule has 0 spiro atoms. The summed E-state index contributed by atoms with van der Waals surface area (Å²) in [4.78, 5) is 20.6. The van der Waals surface area contributed by atoms with E-state index < -0.39 is 5.91 Å². The third-order valence-corrected chi connectivity index (χ3v) is 4.54. The SMILES string of the molecule is CC(C)COc1cccc(-c2ccn3c(-c4cccc(C(N)=O)c4)cnc3c2)n1. The molecule has 1 aromatic carbocycles. The van der Waals surface area contributed by atoms with Gasteiger partial charge in [-0.25, -0.2) is 9.97 Å². The number of ether oxygens (including phenoxy) is 1. The van der Waals surface area contributed by atoms with Gasteiger partial charge in [-0.3, -0.25) is 9.20 Å². The maximum absolute atomic E-state index is 11.5. The van der Waals surface area contributed by atoms with Crippen molar-refractivity contribution in [2.24, 2.45) is 11.7 Å². The van der Waals surface area contributed by atoms with Crippen LogP contribution in [0.4, 0.5) is 0 Å². The quantitative estimate of drug-likeness (QED) is 0.538. The van der Waals surface area contributed by atoms with Gasteiger partial charge in [0.25, 0.3) is 0 Å². The first-order chi connectivity index (χ1) is 14.0. The molecule has 146 valence electrons. The molecule has 1 amide bonds. The van der Waals surface area contributed by atoms with Gasteiger partial charge >= 0.3 is 0 Å². The van der Waals surface area contributed by atoms with Crippen LogP contribution in [0.3, 0.4) is 0 Å². The van der Waals surface area contributed by atoms with Crippen molar-refractivity contribution in [3.63, 3.8) is 0 Å². The molecule has 0 radical (unpaired) electrons. The van der Waals surface area contributed by atoms with Gasteiger partial charge in [0.2, 0.25) is 11.8 Å². The Labute approximate surface area is 169 Å². The fraction of sp³-hybridized carbons (Fsp3) is 0.174. The summed E-state index contributed by atoms with van der Waals surface area (Å²) in [7, 11) is 0. The number of pyridine rings is 2. The van der Waals surface area contributed by atoms with Gasteiger partial charge < -0.3 is 10.5 Å². The maximum Gasteiger partial charge on any atom is 0.248 e. The first kappa shape index (κ1) is 18.7. The van der Waals surface area contributed by atoms with Crippen LogP contribution in [0, 0.1) is 5.92 Å². The van der Waals surface area contributed by atoms with E-state index in [1.54, 1.807) is 18.3 Å². The Bertz CT molecular complexity index is 1180. The second-order valence-corrected chi connectivity index (χ2v) is 7.30. The Hall–Kier alpha value is -3.67. The Kier molecular flexibility index (Phi) is 4.99. The molecule has 29 heavy (non-hydrogen) atoms. The standard InChI is InChI=1S/C23H22N4O2/c1-15(2)14-29-22-8-4-7-19(26-22)16-9-10-27-20(13-25-21(27)12-16)17-5-3-6-18(11-17)23(24)28/h3-13,15H,14H2,1-2H3,(H2,24,28). The number of fused-ring (bicyclic) bond motifs is 1. The van der Waals surface area contributed by atoms with E-state index in [1.165, 1.54) is 0 Å². The average Bonchev–Trinajstić information content (AvgIpc) is 3.16.